The summed E-state index contributed by atoms with van der Waals surface area (Å²) in [5.41, 5.74) is 0.224. The van der Waals surface area contributed by atoms with E-state index in [1.165, 1.54) is 7.11 Å². The summed E-state index contributed by atoms with van der Waals surface area (Å²) in [5.74, 6) is 0.849. The highest BCUT2D eigenvalue weighted by molar-refractivity contribution is 5.65. The Morgan fingerprint density at radius 1 is 1.50 bits per heavy atom. The van der Waals surface area contributed by atoms with Crippen LogP contribution in [0, 0.1) is 0 Å². The lowest BCUT2D eigenvalue weighted by atomic mass is 9.93. The van der Waals surface area contributed by atoms with Gasteiger partial charge >= 0.3 is 0 Å². The highest BCUT2D eigenvalue weighted by Gasteiger charge is 2.35. The number of benzene rings is 1. The average molecular weight is 192 g/mol. The first-order valence-electron chi connectivity index (χ1n) is 4.52. The van der Waals surface area contributed by atoms with E-state index < -0.39 is 5.60 Å². The van der Waals surface area contributed by atoms with Gasteiger partial charge < -0.3 is 9.47 Å². The summed E-state index contributed by atoms with van der Waals surface area (Å²) in [7, 11) is 1.53. The number of hydrogen-bond acceptors (Lipinski definition) is 3. The monoisotopic (exact) mass is 192 g/mol. The Bertz CT molecular complexity index is 348. The van der Waals surface area contributed by atoms with E-state index in [-0.39, 0.29) is 0 Å². The summed E-state index contributed by atoms with van der Waals surface area (Å²) < 4.78 is 10.7. The molecule has 0 radical (unpaired) electrons. The second-order valence-corrected chi connectivity index (χ2v) is 3.46. The molecule has 1 atom stereocenters. The van der Waals surface area contributed by atoms with E-state index in [0.29, 0.717) is 13.0 Å². The molecule has 14 heavy (non-hydrogen) atoms. The molecule has 0 aliphatic carbocycles. The molecule has 1 heterocycles. The number of fused-ring (bicyclic) bond motifs is 1. The molecule has 0 fully saturated rings. The van der Waals surface area contributed by atoms with Gasteiger partial charge in [0.1, 0.15) is 12.4 Å². The van der Waals surface area contributed by atoms with Crippen molar-refractivity contribution in [2.24, 2.45) is 0 Å². The smallest absolute Gasteiger partial charge is 0.160 e. The fourth-order valence-corrected chi connectivity index (χ4v) is 1.62. The number of ether oxygens (including phenoxy) is 2. The van der Waals surface area contributed by atoms with E-state index in [1.54, 1.807) is 0 Å². The molecule has 1 aliphatic heterocycles. The Hall–Kier alpha value is -1.35. The van der Waals surface area contributed by atoms with Gasteiger partial charge in [-0.2, -0.15) is 0 Å². The van der Waals surface area contributed by atoms with Crippen LogP contribution in [-0.4, -0.2) is 25.6 Å². The minimum Gasteiger partial charge on any atom is -0.490 e. The van der Waals surface area contributed by atoms with Gasteiger partial charge in [-0.1, -0.05) is 18.2 Å². The first-order chi connectivity index (χ1) is 6.79. The molecule has 74 valence electrons. The normalized spacial score (nSPS) is 24.9. The number of carbonyl (C=O) groups excluding carboxylic acids is 1. The Kier molecular flexibility index (Phi) is 2.25. The molecule has 0 aromatic heterocycles. The number of para-hydroxylation sites is 1. The molecule has 3 heteroatoms. The first kappa shape index (κ1) is 9.21. The van der Waals surface area contributed by atoms with Crippen LogP contribution in [0.5, 0.6) is 5.75 Å². The molecule has 1 unspecified atom stereocenters. The zero-order valence-electron chi connectivity index (χ0n) is 8.03. The second-order valence-electron chi connectivity index (χ2n) is 3.46. The maximum atomic E-state index is 10.9. The minimum atomic E-state index is -0.797. The Balaban J connectivity index is 2.32. The van der Waals surface area contributed by atoms with Crippen LogP contribution in [-0.2, 0) is 16.0 Å². The van der Waals surface area contributed by atoms with Crippen LogP contribution in [0.1, 0.15) is 5.56 Å². The quantitative estimate of drug-likeness (QED) is 0.660. The van der Waals surface area contributed by atoms with Crippen LogP contribution in [0.2, 0.25) is 0 Å². The molecule has 0 spiro atoms. The van der Waals surface area contributed by atoms with Crippen LogP contribution < -0.4 is 4.74 Å². The van der Waals surface area contributed by atoms with E-state index in [4.69, 9.17) is 9.47 Å². The highest BCUT2D eigenvalue weighted by Crippen LogP contribution is 2.29. The van der Waals surface area contributed by atoms with Crippen molar-refractivity contribution in [1.82, 2.24) is 0 Å². The van der Waals surface area contributed by atoms with Crippen molar-refractivity contribution in [2.75, 3.05) is 13.7 Å². The maximum absolute atomic E-state index is 10.9. The summed E-state index contributed by atoms with van der Waals surface area (Å²) in [6.45, 7) is 0.296. The van der Waals surface area contributed by atoms with Crippen molar-refractivity contribution < 1.29 is 14.3 Å². The Morgan fingerprint density at radius 3 is 3.00 bits per heavy atom. The van der Waals surface area contributed by atoms with Gasteiger partial charge in [-0.25, -0.2) is 0 Å². The standard InChI is InChI=1S/C11H12O3/c1-13-11(7-12)6-9-4-2-3-5-10(9)14-8-11/h2-5,7H,6,8H2,1H3. The maximum Gasteiger partial charge on any atom is 0.160 e. The third-order valence-electron chi connectivity index (χ3n) is 2.56. The van der Waals surface area contributed by atoms with Crippen molar-refractivity contribution >= 4 is 6.29 Å². The summed E-state index contributed by atoms with van der Waals surface area (Å²) in [5, 5.41) is 0. The number of rotatable bonds is 2. The SMILES string of the molecule is COC1(C=O)COc2ccccc2C1. The third kappa shape index (κ3) is 1.40. The molecule has 1 aromatic carbocycles. The fraction of sp³-hybridized carbons (Fsp3) is 0.364. The molecule has 3 nitrogen and oxygen atoms in total. The summed E-state index contributed by atoms with van der Waals surface area (Å²) in [4.78, 5) is 10.9. The number of hydrogen-bond donors (Lipinski definition) is 0. The fourth-order valence-electron chi connectivity index (χ4n) is 1.62. The molecule has 0 saturated heterocycles. The molecule has 0 amide bonds. The predicted molar refractivity (Wildman–Crippen MR) is 51.4 cm³/mol. The zero-order chi connectivity index (χ0) is 10.0. The lowest BCUT2D eigenvalue weighted by Gasteiger charge is -2.31. The third-order valence-corrected chi connectivity index (χ3v) is 2.56. The Morgan fingerprint density at radius 2 is 2.29 bits per heavy atom. The molecule has 1 aliphatic rings. The van der Waals surface area contributed by atoms with Crippen molar-refractivity contribution in [3.05, 3.63) is 29.8 Å². The van der Waals surface area contributed by atoms with Gasteiger partial charge in [-0.05, 0) is 11.6 Å². The van der Waals surface area contributed by atoms with Crippen molar-refractivity contribution in [1.29, 1.82) is 0 Å². The molecular weight excluding hydrogens is 180 g/mol. The van der Waals surface area contributed by atoms with Gasteiger partial charge in [0.25, 0.3) is 0 Å². The van der Waals surface area contributed by atoms with Crippen LogP contribution in [0.4, 0.5) is 0 Å². The van der Waals surface area contributed by atoms with E-state index in [9.17, 15) is 4.79 Å². The molecule has 0 N–H and O–H groups in total. The highest BCUT2D eigenvalue weighted by atomic mass is 16.5. The van der Waals surface area contributed by atoms with Crippen molar-refractivity contribution in [2.45, 2.75) is 12.0 Å². The van der Waals surface area contributed by atoms with E-state index in [0.717, 1.165) is 17.6 Å². The van der Waals surface area contributed by atoms with Gasteiger partial charge in [0.2, 0.25) is 0 Å². The molecule has 0 bridgehead atoms. The van der Waals surface area contributed by atoms with Gasteiger partial charge in [0, 0.05) is 13.5 Å². The lowest BCUT2D eigenvalue weighted by molar-refractivity contribution is -0.132. The van der Waals surface area contributed by atoms with Gasteiger partial charge in [-0.15, -0.1) is 0 Å². The average Bonchev–Trinajstić information content (AvgIpc) is 2.28. The summed E-state index contributed by atoms with van der Waals surface area (Å²) >= 11 is 0. The lowest BCUT2D eigenvalue weighted by Crippen LogP contribution is -2.44. The minimum absolute atomic E-state index is 0.296. The van der Waals surface area contributed by atoms with E-state index in [2.05, 4.69) is 0 Å². The number of carbonyl (C=O) groups is 1. The van der Waals surface area contributed by atoms with Crippen LogP contribution in [0.25, 0.3) is 0 Å². The molecule has 0 saturated carbocycles. The summed E-state index contributed by atoms with van der Waals surface area (Å²) in [6, 6.07) is 7.70. The molecular formula is C11H12O3. The van der Waals surface area contributed by atoms with Crippen LogP contribution >= 0.6 is 0 Å². The van der Waals surface area contributed by atoms with E-state index in [1.807, 2.05) is 24.3 Å². The van der Waals surface area contributed by atoms with E-state index >= 15 is 0 Å². The largest absolute Gasteiger partial charge is 0.490 e. The van der Waals surface area contributed by atoms with Gasteiger partial charge in [0.05, 0.1) is 0 Å². The second kappa shape index (κ2) is 3.42. The predicted octanol–water partition coefficient (Wildman–Crippen LogP) is 1.21. The molecule has 2 rings (SSSR count). The Labute approximate surface area is 82.6 Å². The van der Waals surface area contributed by atoms with Crippen LogP contribution in [0.3, 0.4) is 0 Å². The van der Waals surface area contributed by atoms with Gasteiger partial charge in [0.15, 0.2) is 11.9 Å². The zero-order valence-corrected chi connectivity index (χ0v) is 8.03. The van der Waals surface area contributed by atoms with Gasteiger partial charge in [-0.3, -0.25) is 4.79 Å². The molecule has 1 aromatic rings. The van der Waals surface area contributed by atoms with Crippen molar-refractivity contribution in [3.8, 4) is 5.75 Å². The number of aldehydes is 1. The number of methoxy groups -OCH3 is 1. The van der Waals surface area contributed by atoms with Crippen molar-refractivity contribution in [3.63, 3.8) is 0 Å². The summed E-state index contributed by atoms with van der Waals surface area (Å²) in [6.07, 6.45) is 1.41. The first-order valence-corrected chi connectivity index (χ1v) is 4.52. The van der Waals surface area contributed by atoms with Crippen LogP contribution in [0.15, 0.2) is 24.3 Å². The topological polar surface area (TPSA) is 35.5 Å².